The molecule has 6 nitrogen and oxygen atoms in total. The SMILES string of the molecule is CCOSOc1ccc(N(C)C)nc1-c1ccc(Cl)[nH]c1=O. The van der Waals surface area contributed by atoms with Crippen LogP contribution in [0.1, 0.15) is 6.92 Å². The second-order valence-corrected chi connectivity index (χ2v) is 5.46. The van der Waals surface area contributed by atoms with Gasteiger partial charge in [0.1, 0.15) is 16.7 Å². The molecular weight excluding hydrogens is 326 g/mol. The maximum Gasteiger partial charge on any atom is 0.258 e. The van der Waals surface area contributed by atoms with E-state index in [4.69, 9.17) is 20.0 Å². The number of H-pyrrole nitrogens is 1. The summed E-state index contributed by atoms with van der Waals surface area (Å²) in [6, 6.07) is 6.76. The molecule has 0 aromatic carbocycles. The van der Waals surface area contributed by atoms with Gasteiger partial charge in [-0.05, 0) is 31.2 Å². The Kier molecular flexibility index (Phi) is 5.70. The zero-order valence-electron chi connectivity index (χ0n) is 12.4. The molecule has 0 atom stereocenters. The number of anilines is 1. The molecule has 0 amide bonds. The lowest BCUT2D eigenvalue weighted by Crippen LogP contribution is -2.13. The fourth-order valence-electron chi connectivity index (χ4n) is 1.69. The van der Waals surface area contributed by atoms with Crippen LogP contribution in [0.3, 0.4) is 0 Å². The van der Waals surface area contributed by atoms with Crippen LogP contribution in [0.25, 0.3) is 11.3 Å². The van der Waals surface area contributed by atoms with Gasteiger partial charge in [0.05, 0.1) is 12.2 Å². The molecule has 2 heterocycles. The van der Waals surface area contributed by atoms with Crippen molar-refractivity contribution >= 4 is 29.7 Å². The maximum atomic E-state index is 12.1. The van der Waals surface area contributed by atoms with Crippen molar-refractivity contribution in [2.75, 3.05) is 25.6 Å². The van der Waals surface area contributed by atoms with Gasteiger partial charge in [-0.25, -0.2) is 4.98 Å². The van der Waals surface area contributed by atoms with E-state index in [9.17, 15) is 4.79 Å². The Balaban J connectivity index is 2.48. The minimum absolute atomic E-state index is 0.267. The molecule has 0 radical (unpaired) electrons. The normalized spacial score (nSPS) is 10.5. The summed E-state index contributed by atoms with van der Waals surface area (Å²) in [5.41, 5.74) is 0.471. The van der Waals surface area contributed by atoms with E-state index in [1.165, 1.54) is 0 Å². The summed E-state index contributed by atoms with van der Waals surface area (Å²) >= 11 is 6.64. The Morgan fingerprint density at radius 2 is 2.09 bits per heavy atom. The van der Waals surface area contributed by atoms with E-state index in [0.29, 0.717) is 29.4 Å². The lowest BCUT2D eigenvalue weighted by atomic mass is 10.1. The molecule has 0 unspecified atom stereocenters. The van der Waals surface area contributed by atoms with Gasteiger partial charge in [-0.15, -0.1) is 0 Å². The predicted molar refractivity (Wildman–Crippen MR) is 89.5 cm³/mol. The number of aromatic nitrogens is 2. The third-order valence-electron chi connectivity index (χ3n) is 2.72. The highest BCUT2D eigenvalue weighted by atomic mass is 35.5. The molecule has 0 bridgehead atoms. The highest BCUT2D eigenvalue weighted by molar-refractivity contribution is 7.90. The van der Waals surface area contributed by atoms with Crippen LogP contribution in [0.5, 0.6) is 5.75 Å². The second-order valence-electron chi connectivity index (χ2n) is 4.52. The van der Waals surface area contributed by atoms with Crippen LogP contribution in [0.2, 0.25) is 5.15 Å². The van der Waals surface area contributed by atoms with Gasteiger partial charge in [0, 0.05) is 14.1 Å². The minimum atomic E-state index is -0.331. The first-order chi connectivity index (χ1) is 10.5. The fraction of sp³-hybridized carbons (Fsp3) is 0.286. The van der Waals surface area contributed by atoms with Gasteiger partial charge < -0.3 is 14.1 Å². The van der Waals surface area contributed by atoms with Crippen LogP contribution >= 0.6 is 23.9 Å². The molecule has 118 valence electrons. The molecule has 2 rings (SSSR count). The minimum Gasteiger partial charge on any atom is -0.398 e. The summed E-state index contributed by atoms with van der Waals surface area (Å²) in [5, 5.41) is 0.267. The van der Waals surface area contributed by atoms with Crippen molar-refractivity contribution in [2.24, 2.45) is 0 Å². The summed E-state index contributed by atoms with van der Waals surface area (Å²) in [6.07, 6.45) is 0. The van der Waals surface area contributed by atoms with E-state index in [0.717, 1.165) is 12.3 Å². The lowest BCUT2D eigenvalue weighted by Gasteiger charge is -2.15. The molecule has 22 heavy (non-hydrogen) atoms. The van der Waals surface area contributed by atoms with Gasteiger partial charge in [0.25, 0.3) is 5.56 Å². The third kappa shape index (κ3) is 3.94. The quantitative estimate of drug-likeness (QED) is 0.494. The smallest absolute Gasteiger partial charge is 0.258 e. The number of rotatable bonds is 6. The van der Waals surface area contributed by atoms with Crippen LogP contribution in [-0.2, 0) is 4.18 Å². The molecular formula is C14H16ClN3O3S. The number of pyridine rings is 2. The number of halogens is 1. The second kappa shape index (κ2) is 7.53. The molecule has 0 saturated heterocycles. The van der Waals surface area contributed by atoms with Gasteiger partial charge >= 0.3 is 0 Å². The molecule has 0 aliphatic rings. The Hall–Kier alpha value is -1.70. The number of hydrogen-bond donors (Lipinski definition) is 1. The topological polar surface area (TPSA) is 67.5 Å². The molecule has 1 N–H and O–H groups in total. The summed E-state index contributed by atoms with van der Waals surface area (Å²) < 4.78 is 10.6. The van der Waals surface area contributed by atoms with Crippen LogP contribution in [0, 0.1) is 0 Å². The molecule has 2 aromatic heterocycles. The van der Waals surface area contributed by atoms with Crippen LogP contribution < -0.4 is 14.6 Å². The van der Waals surface area contributed by atoms with Gasteiger partial charge in [0.2, 0.25) is 12.3 Å². The molecule has 0 saturated carbocycles. The highest BCUT2D eigenvalue weighted by Crippen LogP contribution is 2.31. The molecule has 0 aliphatic heterocycles. The maximum absolute atomic E-state index is 12.1. The summed E-state index contributed by atoms with van der Waals surface area (Å²) in [6.45, 7) is 2.36. The zero-order valence-corrected chi connectivity index (χ0v) is 14.0. The first kappa shape index (κ1) is 16.7. The van der Waals surface area contributed by atoms with Crippen molar-refractivity contribution in [1.82, 2.24) is 9.97 Å². The molecule has 8 heteroatoms. The van der Waals surface area contributed by atoms with E-state index in [1.807, 2.05) is 25.9 Å². The van der Waals surface area contributed by atoms with Gasteiger partial charge in [-0.2, -0.15) is 0 Å². The average Bonchev–Trinajstić information content (AvgIpc) is 2.48. The van der Waals surface area contributed by atoms with Crippen LogP contribution in [0.15, 0.2) is 29.1 Å². The number of hydrogen-bond acceptors (Lipinski definition) is 6. The van der Waals surface area contributed by atoms with Crippen molar-refractivity contribution in [3.63, 3.8) is 0 Å². The third-order valence-corrected chi connectivity index (χ3v) is 3.52. The lowest BCUT2D eigenvalue weighted by molar-refractivity contribution is 0.369. The van der Waals surface area contributed by atoms with Crippen molar-refractivity contribution in [3.8, 4) is 17.0 Å². The number of nitrogens with one attached hydrogen (secondary N) is 1. The Bertz CT molecular complexity index is 706. The van der Waals surface area contributed by atoms with Crippen molar-refractivity contribution in [2.45, 2.75) is 6.92 Å². The molecule has 2 aromatic rings. The van der Waals surface area contributed by atoms with Gasteiger partial charge in [0.15, 0.2) is 5.75 Å². The predicted octanol–water partition coefficient (Wildman–Crippen LogP) is 3.13. The first-order valence-electron chi connectivity index (χ1n) is 6.56. The van der Waals surface area contributed by atoms with Crippen LogP contribution in [-0.4, -0.2) is 30.7 Å². The van der Waals surface area contributed by atoms with Gasteiger partial charge in [-0.3, -0.25) is 8.98 Å². The van der Waals surface area contributed by atoms with E-state index in [2.05, 4.69) is 9.97 Å². The summed E-state index contributed by atoms with van der Waals surface area (Å²) in [7, 11) is 3.74. The summed E-state index contributed by atoms with van der Waals surface area (Å²) in [4.78, 5) is 21.0. The van der Waals surface area contributed by atoms with E-state index >= 15 is 0 Å². The standard InChI is InChI=1S/C14H16ClN3O3S/c1-4-20-22-21-10-6-8-12(18(2)3)17-13(10)9-5-7-11(15)16-14(9)19/h5-8H,4H2,1-3H3,(H,16,19). The largest absolute Gasteiger partial charge is 0.398 e. The van der Waals surface area contributed by atoms with Crippen LogP contribution in [0.4, 0.5) is 5.82 Å². The van der Waals surface area contributed by atoms with E-state index in [-0.39, 0.29) is 10.7 Å². The number of aromatic amines is 1. The van der Waals surface area contributed by atoms with E-state index in [1.54, 1.807) is 24.3 Å². The average molecular weight is 342 g/mol. The van der Waals surface area contributed by atoms with Gasteiger partial charge in [-0.1, -0.05) is 11.6 Å². The molecule has 0 spiro atoms. The Labute approximate surface area is 137 Å². The fourth-order valence-corrected chi connectivity index (χ4v) is 2.19. The van der Waals surface area contributed by atoms with Crippen molar-refractivity contribution < 1.29 is 8.37 Å². The first-order valence-corrected chi connectivity index (χ1v) is 7.61. The monoisotopic (exact) mass is 341 g/mol. The molecule has 0 aliphatic carbocycles. The van der Waals surface area contributed by atoms with E-state index < -0.39 is 0 Å². The molecule has 0 fully saturated rings. The zero-order chi connectivity index (χ0) is 16.1. The summed E-state index contributed by atoms with van der Waals surface area (Å²) in [5.74, 6) is 1.15. The number of nitrogens with zero attached hydrogens (tertiary/aromatic N) is 2. The Morgan fingerprint density at radius 3 is 2.73 bits per heavy atom. The van der Waals surface area contributed by atoms with Crippen molar-refractivity contribution in [3.05, 3.63) is 39.8 Å². The highest BCUT2D eigenvalue weighted by Gasteiger charge is 2.15. The Morgan fingerprint density at radius 1 is 1.32 bits per heavy atom. The van der Waals surface area contributed by atoms with Crippen molar-refractivity contribution in [1.29, 1.82) is 0 Å².